The molecular weight excluding hydrogens is 168 g/mol. The summed E-state index contributed by atoms with van der Waals surface area (Å²) in [7, 11) is 0. The molecule has 0 aromatic carbocycles. The van der Waals surface area contributed by atoms with Gasteiger partial charge in [-0.05, 0) is 32.4 Å². The fraction of sp³-hybridized carbons (Fsp3) is 1.00. The molecule has 0 saturated carbocycles. The van der Waals surface area contributed by atoms with Crippen molar-refractivity contribution in [3.05, 3.63) is 0 Å². The Kier molecular flexibility index (Phi) is 11.7. The molecule has 0 heterocycles. The van der Waals surface area contributed by atoms with Crippen LogP contribution in [0, 0.1) is 0 Å². The minimum Gasteiger partial charge on any atom is -0.379 e. The molecule has 0 saturated heterocycles. The smallest absolute Gasteiger partial charge is 0.0700 e. The minimum absolute atomic E-state index is 0.669. The average molecular weight is 190 g/mol. The lowest BCUT2D eigenvalue weighted by Crippen LogP contribution is -2.09. The van der Waals surface area contributed by atoms with Crippen LogP contribution in [0.5, 0.6) is 0 Å². The van der Waals surface area contributed by atoms with Gasteiger partial charge in [0.05, 0.1) is 13.2 Å². The zero-order valence-electron chi connectivity index (χ0n) is 8.34. The van der Waals surface area contributed by atoms with Crippen molar-refractivity contribution in [2.45, 2.75) is 19.3 Å². The molecule has 0 radical (unpaired) electrons. The molecule has 0 fully saturated rings. The van der Waals surface area contributed by atoms with Gasteiger partial charge in [0.2, 0.25) is 0 Å². The van der Waals surface area contributed by atoms with Crippen molar-refractivity contribution >= 4 is 0 Å². The molecular formula is C9H22N2O2. The number of ether oxygens (including phenoxy) is 2. The maximum Gasteiger partial charge on any atom is 0.0700 e. The molecule has 0 bridgehead atoms. The molecule has 0 aliphatic carbocycles. The Morgan fingerprint density at radius 1 is 0.615 bits per heavy atom. The largest absolute Gasteiger partial charge is 0.379 e. The van der Waals surface area contributed by atoms with E-state index >= 15 is 0 Å². The minimum atomic E-state index is 0.669. The van der Waals surface area contributed by atoms with E-state index in [1.807, 2.05) is 0 Å². The number of nitrogens with two attached hydrogens (primary N) is 2. The second-order valence-electron chi connectivity index (χ2n) is 2.86. The Morgan fingerprint density at radius 2 is 1.15 bits per heavy atom. The lowest BCUT2D eigenvalue weighted by atomic mass is 10.3. The molecule has 4 nitrogen and oxygen atoms in total. The first-order valence-corrected chi connectivity index (χ1v) is 4.97. The summed E-state index contributed by atoms with van der Waals surface area (Å²) in [5.74, 6) is 0. The molecule has 0 rings (SSSR count). The van der Waals surface area contributed by atoms with Crippen LogP contribution in [0.1, 0.15) is 19.3 Å². The Morgan fingerprint density at radius 3 is 1.69 bits per heavy atom. The third kappa shape index (κ3) is 11.8. The van der Waals surface area contributed by atoms with Crippen LogP contribution in [0.3, 0.4) is 0 Å². The monoisotopic (exact) mass is 190 g/mol. The Hall–Kier alpha value is -0.160. The highest BCUT2D eigenvalue weighted by Gasteiger charge is 1.89. The average Bonchev–Trinajstić information content (AvgIpc) is 2.16. The summed E-state index contributed by atoms with van der Waals surface area (Å²) in [5.41, 5.74) is 10.6. The number of unbranched alkanes of at least 4 members (excludes halogenated alkanes) is 1. The van der Waals surface area contributed by atoms with Gasteiger partial charge in [-0.3, -0.25) is 0 Å². The lowest BCUT2D eigenvalue weighted by Gasteiger charge is -2.04. The maximum atomic E-state index is 5.33. The Balaban J connectivity index is 2.76. The lowest BCUT2D eigenvalue weighted by molar-refractivity contribution is 0.0463. The highest BCUT2D eigenvalue weighted by Crippen LogP contribution is 1.88. The van der Waals surface area contributed by atoms with Crippen LogP contribution in [-0.4, -0.2) is 39.5 Å². The van der Waals surface area contributed by atoms with Crippen molar-refractivity contribution < 1.29 is 9.47 Å². The second-order valence-corrected chi connectivity index (χ2v) is 2.86. The molecule has 4 heteroatoms. The van der Waals surface area contributed by atoms with E-state index in [1.165, 1.54) is 0 Å². The standard InChI is InChI=1S/C9H22N2O2/c10-4-1-2-6-12-8-9-13-7-3-5-11/h1-11H2. The van der Waals surface area contributed by atoms with Crippen molar-refractivity contribution in [3.8, 4) is 0 Å². The van der Waals surface area contributed by atoms with Gasteiger partial charge in [-0.15, -0.1) is 0 Å². The van der Waals surface area contributed by atoms with Crippen LogP contribution in [0.25, 0.3) is 0 Å². The summed E-state index contributed by atoms with van der Waals surface area (Å²) in [4.78, 5) is 0. The molecule has 0 aromatic heterocycles. The third-order valence-electron chi connectivity index (χ3n) is 1.61. The number of hydrogen-bond donors (Lipinski definition) is 2. The molecule has 0 aliphatic rings. The summed E-state index contributed by atoms with van der Waals surface area (Å²) in [6.07, 6.45) is 3.00. The summed E-state index contributed by atoms with van der Waals surface area (Å²) in [5, 5.41) is 0. The van der Waals surface area contributed by atoms with Crippen LogP contribution in [0.4, 0.5) is 0 Å². The molecule has 13 heavy (non-hydrogen) atoms. The fourth-order valence-electron chi connectivity index (χ4n) is 0.856. The van der Waals surface area contributed by atoms with E-state index < -0.39 is 0 Å². The van der Waals surface area contributed by atoms with Crippen LogP contribution < -0.4 is 11.5 Å². The first kappa shape index (κ1) is 12.8. The first-order valence-electron chi connectivity index (χ1n) is 4.97. The topological polar surface area (TPSA) is 70.5 Å². The van der Waals surface area contributed by atoms with Crippen molar-refractivity contribution in [1.29, 1.82) is 0 Å². The Bertz CT molecular complexity index is 81.7. The van der Waals surface area contributed by atoms with Gasteiger partial charge in [0, 0.05) is 13.2 Å². The highest BCUT2D eigenvalue weighted by molar-refractivity contribution is 4.40. The molecule has 80 valence electrons. The molecule has 0 aromatic rings. The van der Waals surface area contributed by atoms with E-state index in [-0.39, 0.29) is 0 Å². The van der Waals surface area contributed by atoms with Crippen molar-refractivity contribution in [2.75, 3.05) is 39.5 Å². The van der Waals surface area contributed by atoms with Crippen molar-refractivity contribution in [2.24, 2.45) is 11.5 Å². The van der Waals surface area contributed by atoms with Crippen LogP contribution in [0.2, 0.25) is 0 Å². The summed E-state index contributed by atoms with van der Waals surface area (Å²) in [6, 6.07) is 0. The van der Waals surface area contributed by atoms with Gasteiger partial charge in [0.15, 0.2) is 0 Å². The van der Waals surface area contributed by atoms with Gasteiger partial charge in [0.1, 0.15) is 0 Å². The SMILES string of the molecule is NCCCCOCCOCCCN. The number of hydrogen-bond acceptors (Lipinski definition) is 4. The third-order valence-corrected chi connectivity index (χ3v) is 1.61. The van der Waals surface area contributed by atoms with Gasteiger partial charge in [-0.2, -0.15) is 0 Å². The maximum absolute atomic E-state index is 5.33. The quantitative estimate of drug-likeness (QED) is 0.480. The molecule has 0 atom stereocenters. The highest BCUT2D eigenvalue weighted by atomic mass is 16.5. The molecule has 0 amide bonds. The molecule has 4 N–H and O–H groups in total. The van der Waals surface area contributed by atoms with Gasteiger partial charge in [0.25, 0.3) is 0 Å². The van der Waals surface area contributed by atoms with Gasteiger partial charge >= 0.3 is 0 Å². The van der Waals surface area contributed by atoms with Gasteiger partial charge < -0.3 is 20.9 Å². The first-order chi connectivity index (χ1) is 6.41. The van der Waals surface area contributed by atoms with Crippen molar-refractivity contribution in [3.63, 3.8) is 0 Å². The fourth-order valence-corrected chi connectivity index (χ4v) is 0.856. The number of rotatable bonds is 10. The normalized spacial score (nSPS) is 10.6. The summed E-state index contributed by atoms with van der Waals surface area (Å²) in [6.45, 7) is 4.31. The van der Waals surface area contributed by atoms with Crippen LogP contribution in [-0.2, 0) is 9.47 Å². The molecule has 0 aliphatic heterocycles. The predicted molar refractivity (Wildman–Crippen MR) is 53.6 cm³/mol. The predicted octanol–water partition coefficient (Wildman–Crippen LogP) is 0.107. The summed E-state index contributed by atoms with van der Waals surface area (Å²) >= 11 is 0. The molecule has 0 spiro atoms. The van der Waals surface area contributed by atoms with Gasteiger partial charge in [-0.25, -0.2) is 0 Å². The second kappa shape index (κ2) is 11.8. The summed E-state index contributed by atoms with van der Waals surface area (Å²) < 4.78 is 10.6. The van der Waals surface area contributed by atoms with E-state index in [0.29, 0.717) is 19.8 Å². The van der Waals surface area contributed by atoms with E-state index in [4.69, 9.17) is 20.9 Å². The van der Waals surface area contributed by atoms with E-state index in [0.717, 1.165) is 39.0 Å². The van der Waals surface area contributed by atoms with Crippen LogP contribution in [0.15, 0.2) is 0 Å². The van der Waals surface area contributed by atoms with E-state index in [1.54, 1.807) is 0 Å². The zero-order valence-corrected chi connectivity index (χ0v) is 8.34. The zero-order chi connectivity index (χ0) is 9.78. The van der Waals surface area contributed by atoms with E-state index in [2.05, 4.69) is 0 Å². The Labute approximate surface area is 80.6 Å². The van der Waals surface area contributed by atoms with Crippen LogP contribution >= 0.6 is 0 Å². The van der Waals surface area contributed by atoms with E-state index in [9.17, 15) is 0 Å². The van der Waals surface area contributed by atoms with Gasteiger partial charge in [-0.1, -0.05) is 0 Å². The van der Waals surface area contributed by atoms with Crippen molar-refractivity contribution in [1.82, 2.24) is 0 Å². The molecule has 0 unspecified atom stereocenters.